The zero-order valence-electron chi connectivity index (χ0n) is 7.03. The molecule has 0 aliphatic heterocycles. The van der Waals surface area contributed by atoms with Gasteiger partial charge in [-0.3, -0.25) is 0 Å². The van der Waals surface area contributed by atoms with E-state index in [0.717, 1.165) is 0 Å². The molecular weight excluding hydrogens is 128 g/mol. The van der Waals surface area contributed by atoms with Crippen molar-refractivity contribution < 1.29 is 4.43 Å². The van der Waals surface area contributed by atoms with Crippen LogP contribution in [0.2, 0.25) is 6.04 Å². The van der Waals surface area contributed by atoms with Gasteiger partial charge in [0.1, 0.15) is 0 Å². The Morgan fingerprint density at radius 3 is 2.33 bits per heavy atom. The van der Waals surface area contributed by atoms with Crippen LogP contribution in [0.3, 0.4) is 0 Å². The molecule has 0 aromatic heterocycles. The van der Waals surface area contributed by atoms with E-state index in [2.05, 4.69) is 20.8 Å². The van der Waals surface area contributed by atoms with Crippen molar-refractivity contribution in [3.8, 4) is 0 Å². The van der Waals surface area contributed by atoms with Crippen molar-refractivity contribution in [3.63, 3.8) is 0 Å². The Morgan fingerprint density at radius 1 is 1.44 bits per heavy atom. The van der Waals surface area contributed by atoms with E-state index in [-0.39, 0.29) is 9.76 Å². The van der Waals surface area contributed by atoms with E-state index in [9.17, 15) is 0 Å². The van der Waals surface area contributed by atoms with Gasteiger partial charge >= 0.3 is 0 Å². The molecule has 0 aliphatic carbocycles. The molecule has 0 amide bonds. The van der Waals surface area contributed by atoms with Gasteiger partial charge in [0.25, 0.3) is 0 Å². The van der Waals surface area contributed by atoms with Crippen molar-refractivity contribution in [1.29, 1.82) is 0 Å². The van der Waals surface area contributed by atoms with Crippen LogP contribution in [0.1, 0.15) is 27.2 Å². The number of hydrogen-bond donors (Lipinski definition) is 0. The van der Waals surface area contributed by atoms with Gasteiger partial charge in [-0.25, -0.2) is 0 Å². The molecule has 0 heterocycles. The third kappa shape index (κ3) is 4.67. The van der Waals surface area contributed by atoms with E-state index >= 15 is 0 Å². The summed E-state index contributed by atoms with van der Waals surface area (Å²) in [4.78, 5) is 0. The van der Waals surface area contributed by atoms with Crippen molar-refractivity contribution in [2.45, 2.75) is 33.2 Å². The smallest absolute Gasteiger partial charge is 0.161 e. The summed E-state index contributed by atoms with van der Waals surface area (Å²) >= 11 is 0. The molecule has 0 rings (SSSR count). The number of hydrogen-bond acceptors (Lipinski definition) is 1. The highest BCUT2D eigenvalue weighted by Gasteiger charge is 2.13. The highest BCUT2D eigenvalue weighted by Crippen LogP contribution is 2.23. The molecule has 0 atom stereocenters. The van der Waals surface area contributed by atoms with Crippen LogP contribution in [0.4, 0.5) is 0 Å². The molecule has 1 nitrogen and oxygen atoms in total. The second-order valence-electron chi connectivity index (χ2n) is 3.26. The van der Waals surface area contributed by atoms with Crippen molar-refractivity contribution in [2.75, 3.05) is 7.11 Å². The average molecular weight is 146 g/mol. The van der Waals surface area contributed by atoms with E-state index in [1.165, 1.54) is 12.5 Å². The van der Waals surface area contributed by atoms with Crippen molar-refractivity contribution >= 4 is 9.76 Å². The van der Waals surface area contributed by atoms with Crippen LogP contribution in [0.15, 0.2) is 0 Å². The Hall–Kier alpha value is 0.177. The van der Waals surface area contributed by atoms with Gasteiger partial charge in [-0.05, 0) is 11.5 Å². The number of rotatable bonds is 4. The maximum Gasteiger partial charge on any atom is 0.161 e. The minimum absolute atomic E-state index is 0.193. The van der Waals surface area contributed by atoms with Crippen LogP contribution in [0.25, 0.3) is 0 Å². The first-order chi connectivity index (χ1) is 4.12. The quantitative estimate of drug-likeness (QED) is 0.547. The van der Waals surface area contributed by atoms with E-state index in [1.807, 2.05) is 7.11 Å². The molecule has 9 heavy (non-hydrogen) atoms. The molecular formula is C7H18OSi. The normalized spacial score (nSPS) is 13.3. The maximum atomic E-state index is 5.12. The van der Waals surface area contributed by atoms with Gasteiger partial charge in [0, 0.05) is 7.11 Å². The SMILES string of the molecule is CCC(C)(C)C[SiH2]OC. The van der Waals surface area contributed by atoms with Crippen LogP contribution in [0.5, 0.6) is 0 Å². The zero-order valence-corrected chi connectivity index (χ0v) is 8.44. The standard InChI is InChI=1S/C7H18OSi/c1-5-7(2,3)6-9-8-4/h5-6,9H2,1-4H3. The van der Waals surface area contributed by atoms with Crippen molar-refractivity contribution in [2.24, 2.45) is 5.41 Å². The van der Waals surface area contributed by atoms with E-state index < -0.39 is 0 Å². The van der Waals surface area contributed by atoms with Gasteiger partial charge < -0.3 is 4.43 Å². The monoisotopic (exact) mass is 146 g/mol. The molecule has 0 bridgehead atoms. The van der Waals surface area contributed by atoms with Gasteiger partial charge in [-0.2, -0.15) is 0 Å². The molecule has 0 aliphatic rings. The fraction of sp³-hybridized carbons (Fsp3) is 1.00. The van der Waals surface area contributed by atoms with E-state index in [1.54, 1.807) is 0 Å². The minimum Gasteiger partial charge on any atom is -0.427 e. The first kappa shape index (κ1) is 9.18. The lowest BCUT2D eigenvalue weighted by Crippen LogP contribution is -2.13. The minimum atomic E-state index is -0.193. The molecule has 0 N–H and O–H groups in total. The summed E-state index contributed by atoms with van der Waals surface area (Å²) in [5, 5.41) is 0. The largest absolute Gasteiger partial charge is 0.427 e. The lowest BCUT2D eigenvalue weighted by molar-refractivity contribution is 0.364. The molecule has 2 heteroatoms. The fourth-order valence-corrected chi connectivity index (χ4v) is 1.67. The molecule has 0 aromatic carbocycles. The van der Waals surface area contributed by atoms with Gasteiger partial charge in [-0.1, -0.05) is 27.2 Å². The van der Waals surface area contributed by atoms with Crippen LogP contribution < -0.4 is 0 Å². The van der Waals surface area contributed by atoms with Crippen LogP contribution in [-0.4, -0.2) is 16.9 Å². The summed E-state index contributed by atoms with van der Waals surface area (Å²) in [6, 6.07) is 1.31. The molecule has 0 saturated heterocycles. The topological polar surface area (TPSA) is 9.23 Å². The Bertz CT molecular complexity index is 71.3. The Morgan fingerprint density at radius 2 is 2.00 bits per heavy atom. The zero-order chi connectivity index (χ0) is 7.33. The van der Waals surface area contributed by atoms with Crippen LogP contribution in [-0.2, 0) is 4.43 Å². The molecule has 0 spiro atoms. The second kappa shape index (κ2) is 4.07. The summed E-state index contributed by atoms with van der Waals surface area (Å²) < 4.78 is 5.12. The van der Waals surface area contributed by atoms with Crippen LogP contribution in [0, 0.1) is 5.41 Å². The summed E-state index contributed by atoms with van der Waals surface area (Å²) in [5.74, 6) is 0. The molecule has 0 unspecified atom stereocenters. The Kier molecular flexibility index (Phi) is 4.15. The lowest BCUT2D eigenvalue weighted by atomic mass is 9.93. The lowest BCUT2D eigenvalue weighted by Gasteiger charge is -2.20. The first-order valence-electron chi connectivity index (χ1n) is 3.61. The van der Waals surface area contributed by atoms with E-state index in [4.69, 9.17) is 4.43 Å². The average Bonchev–Trinajstić information content (AvgIpc) is 1.84. The summed E-state index contributed by atoms with van der Waals surface area (Å²) in [6.07, 6.45) is 1.27. The van der Waals surface area contributed by atoms with Gasteiger partial charge in [0.05, 0.1) is 0 Å². The Labute approximate surface area is 60.7 Å². The molecule has 56 valence electrons. The van der Waals surface area contributed by atoms with E-state index in [0.29, 0.717) is 5.41 Å². The fourth-order valence-electron chi connectivity index (χ4n) is 0.555. The molecule has 0 fully saturated rings. The summed E-state index contributed by atoms with van der Waals surface area (Å²) in [5.41, 5.74) is 0.530. The van der Waals surface area contributed by atoms with Crippen molar-refractivity contribution in [3.05, 3.63) is 0 Å². The van der Waals surface area contributed by atoms with Gasteiger partial charge in [0.15, 0.2) is 9.76 Å². The molecule has 0 saturated carbocycles. The second-order valence-corrected chi connectivity index (χ2v) is 4.75. The Balaban J connectivity index is 3.33. The third-order valence-electron chi connectivity index (χ3n) is 1.94. The molecule has 0 aromatic rings. The predicted octanol–water partition coefficient (Wildman–Crippen LogP) is 1.57. The van der Waals surface area contributed by atoms with Gasteiger partial charge in [-0.15, -0.1) is 0 Å². The predicted molar refractivity (Wildman–Crippen MR) is 44.4 cm³/mol. The summed E-state index contributed by atoms with van der Waals surface area (Å²) in [6.45, 7) is 6.85. The molecule has 0 radical (unpaired) electrons. The van der Waals surface area contributed by atoms with Gasteiger partial charge in [0.2, 0.25) is 0 Å². The maximum absolute atomic E-state index is 5.12. The third-order valence-corrected chi connectivity index (χ3v) is 3.91. The van der Waals surface area contributed by atoms with Crippen molar-refractivity contribution in [1.82, 2.24) is 0 Å². The highest BCUT2D eigenvalue weighted by molar-refractivity contribution is 6.27. The first-order valence-corrected chi connectivity index (χ1v) is 5.19. The summed E-state index contributed by atoms with van der Waals surface area (Å²) in [7, 11) is 1.62. The van der Waals surface area contributed by atoms with Crippen LogP contribution >= 0.6 is 0 Å². The highest BCUT2D eigenvalue weighted by atomic mass is 28.2.